The average Bonchev–Trinajstić information content (AvgIpc) is 3.21. The molecule has 0 radical (unpaired) electrons. The van der Waals surface area contributed by atoms with Crippen molar-refractivity contribution in [2.24, 2.45) is 0 Å². The van der Waals surface area contributed by atoms with Crippen LogP contribution in [0, 0.1) is 5.41 Å². The van der Waals surface area contributed by atoms with Crippen LogP contribution in [0.1, 0.15) is 52.7 Å². The molecule has 6 aromatic carbocycles. The van der Waals surface area contributed by atoms with Gasteiger partial charge in [-0.25, -0.2) is 9.13 Å². The van der Waals surface area contributed by atoms with Crippen molar-refractivity contribution in [2.75, 3.05) is 0 Å². The van der Waals surface area contributed by atoms with Crippen LogP contribution in [0.3, 0.4) is 0 Å². The number of phenols is 2. The van der Waals surface area contributed by atoms with Crippen LogP contribution in [-0.4, -0.2) is 28.2 Å². The summed E-state index contributed by atoms with van der Waals surface area (Å²) >= 11 is 0. The molecule has 0 aromatic heterocycles. The van der Waals surface area contributed by atoms with Gasteiger partial charge in [0.2, 0.25) is 0 Å². The summed E-state index contributed by atoms with van der Waals surface area (Å²) in [7, 11) is -6.62. The Morgan fingerprint density at radius 3 is 0.947 bits per heavy atom. The molecule has 57 heavy (non-hydrogen) atoms. The van der Waals surface area contributed by atoms with E-state index in [0.29, 0.717) is 28.7 Å². The summed E-state index contributed by atoms with van der Waals surface area (Å²) in [5.41, 5.74) is 1.39. The molecule has 0 amide bonds. The molecule has 0 bridgehead atoms. The summed E-state index contributed by atoms with van der Waals surface area (Å²) in [5, 5.41) is 23.7. The summed E-state index contributed by atoms with van der Waals surface area (Å²) in [6.07, 6.45) is 0. The number of para-hydroxylation sites is 4. The predicted molar refractivity (Wildman–Crippen MR) is 232 cm³/mol. The highest BCUT2D eigenvalue weighted by Gasteiger charge is 2.34. The van der Waals surface area contributed by atoms with E-state index in [0.717, 1.165) is 11.1 Å². The van der Waals surface area contributed by atoms with E-state index in [1.165, 1.54) is 0 Å². The van der Waals surface area contributed by atoms with Gasteiger partial charge in [-0.1, -0.05) is 111 Å². The molecular weight excluding hydrogens is 756 g/mol. The number of phenolic OH excluding ortho intramolecular Hbond substituents is 2. The van der Waals surface area contributed by atoms with Crippen LogP contribution in [0.15, 0.2) is 170 Å². The Kier molecular flexibility index (Phi) is 17.7. The van der Waals surface area contributed by atoms with Crippen molar-refractivity contribution in [3.8, 4) is 34.5 Å². The maximum absolute atomic E-state index is 13.3. The van der Waals surface area contributed by atoms with Gasteiger partial charge in [-0.3, -0.25) is 0 Å². The predicted octanol–water partition coefficient (Wildman–Crippen LogP) is 13.2. The molecule has 6 aromatic rings. The molecule has 6 rings (SSSR count). The molecule has 9 nitrogen and oxygen atoms in total. The molecule has 0 fully saturated rings. The van der Waals surface area contributed by atoms with E-state index in [4.69, 9.17) is 28.6 Å². The molecule has 0 aliphatic carbocycles. The molecule has 0 aliphatic rings. The van der Waals surface area contributed by atoms with Gasteiger partial charge in [-0.05, 0) is 118 Å². The lowest BCUT2D eigenvalue weighted by atomic mass is 9.78. The quantitative estimate of drug-likeness (QED) is 0.0821. The average molecular weight is 810 g/mol. The lowest BCUT2D eigenvalue weighted by molar-refractivity contribution is 0.375. The third-order valence-electron chi connectivity index (χ3n) is 8.35. The first-order valence-electron chi connectivity index (χ1n) is 18.3. The second kappa shape index (κ2) is 22.1. The van der Waals surface area contributed by atoms with Crippen molar-refractivity contribution in [3.05, 3.63) is 181 Å². The molecule has 0 heterocycles. The van der Waals surface area contributed by atoms with Crippen LogP contribution in [0.25, 0.3) is 0 Å². The van der Waals surface area contributed by atoms with Crippen molar-refractivity contribution < 1.29 is 37.4 Å². The number of benzene rings is 6. The molecule has 0 saturated carbocycles. The normalized spacial score (nSPS) is 11.9. The zero-order valence-electron chi connectivity index (χ0n) is 33.3. The van der Waals surface area contributed by atoms with Gasteiger partial charge in [-0.15, -0.1) is 0 Å². The summed E-state index contributed by atoms with van der Waals surface area (Å²) in [6.45, 7) is 14.0. The first-order valence-corrected chi connectivity index (χ1v) is 21.5. The maximum Gasteiger partial charge on any atom is 0.433 e. The standard InChI is InChI=1S/C24H27O4P.C15H17O3P.C6H6O.CH3N/c1-18(2)29(26,27-22-8-6-5-7-9-22)28-23-16-12-20(13-17-23)24(3,4)19-10-14-21(25)15-11-19;1-13(2)19(16,17-14-9-5-3-6-10-14)18-15-11-7-4-8-12-15;7-6-4-2-1-3-5-6;1-2/h5-18,25H,1-4H3;3-13H,1-2H3;1-5,7H;2H,1H2. The van der Waals surface area contributed by atoms with Gasteiger partial charge in [-0.2, -0.15) is 0 Å². The highest BCUT2D eigenvalue weighted by atomic mass is 31.2. The third-order valence-corrected chi connectivity index (χ3v) is 12.7. The fraction of sp³-hybridized carbons (Fsp3) is 0.196. The van der Waals surface area contributed by atoms with E-state index < -0.39 is 15.2 Å². The van der Waals surface area contributed by atoms with Crippen molar-refractivity contribution in [1.82, 2.24) is 0 Å². The van der Waals surface area contributed by atoms with Crippen LogP contribution in [0.5, 0.6) is 34.5 Å². The molecule has 0 saturated heterocycles. The van der Waals surface area contributed by atoms with Crippen LogP contribution < -0.4 is 18.1 Å². The first-order chi connectivity index (χ1) is 27.2. The van der Waals surface area contributed by atoms with E-state index in [9.17, 15) is 14.2 Å². The fourth-order valence-electron chi connectivity index (χ4n) is 4.90. The van der Waals surface area contributed by atoms with E-state index in [-0.39, 0.29) is 22.5 Å². The Labute approximate surface area is 337 Å². The second-order valence-corrected chi connectivity index (χ2v) is 18.6. The maximum atomic E-state index is 13.3. The van der Waals surface area contributed by atoms with Gasteiger partial charge in [0.25, 0.3) is 0 Å². The van der Waals surface area contributed by atoms with Crippen LogP contribution in [-0.2, 0) is 14.5 Å². The Morgan fingerprint density at radius 2 is 0.684 bits per heavy atom. The molecule has 0 aliphatic heterocycles. The van der Waals surface area contributed by atoms with E-state index in [1.807, 2.05) is 125 Å². The van der Waals surface area contributed by atoms with Gasteiger partial charge in [0, 0.05) is 5.41 Å². The summed E-state index contributed by atoms with van der Waals surface area (Å²) < 4.78 is 48.9. The first kappa shape index (κ1) is 45.6. The van der Waals surface area contributed by atoms with Gasteiger partial charge in [0.1, 0.15) is 34.5 Å². The Hall–Kier alpha value is -5.75. The minimum absolute atomic E-state index is 0.229. The number of hydrogen-bond donors (Lipinski definition) is 3. The molecule has 300 valence electrons. The van der Waals surface area contributed by atoms with Crippen LogP contribution in [0.4, 0.5) is 0 Å². The number of rotatable bonds is 12. The minimum Gasteiger partial charge on any atom is -0.508 e. The Bertz CT molecular complexity index is 2070. The Balaban J connectivity index is 0.000000264. The van der Waals surface area contributed by atoms with Crippen molar-refractivity contribution in [1.29, 1.82) is 5.41 Å². The van der Waals surface area contributed by atoms with Gasteiger partial charge < -0.3 is 33.7 Å². The van der Waals surface area contributed by atoms with Gasteiger partial charge in [0.15, 0.2) is 0 Å². The lowest BCUT2D eigenvalue weighted by Gasteiger charge is -2.27. The zero-order valence-corrected chi connectivity index (χ0v) is 35.1. The Morgan fingerprint density at radius 1 is 0.439 bits per heavy atom. The van der Waals surface area contributed by atoms with Crippen molar-refractivity contribution in [2.45, 2.75) is 58.3 Å². The topological polar surface area (TPSA) is 135 Å². The lowest BCUT2D eigenvalue weighted by Crippen LogP contribution is -2.18. The van der Waals surface area contributed by atoms with Crippen LogP contribution in [0.2, 0.25) is 0 Å². The molecule has 1 atom stereocenters. The summed E-state index contributed by atoms with van der Waals surface area (Å²) in [5.74, 6) is 2.70. The number of nitrogens with one attached hydrogen (secondary N) is 1. The fourth-order valence-corrected chi connectivity index (χ4v) is 7.48. The minimum atomic E-state index is -3.38. The highest BCUT2D eigenvalue weighted by Crippen LogP contribution is 2.53. The second-order valence-electron chi connectivity index (χ2n) is 13.6. The van der Waals surface area contributed by atoms with Crippen molar-refractivity contribution in [3.63, 3.8) is 0 Å². The number of hydrogen-bond acceptors (Lipinski definition) is 9. The SMILES string of the molecule is C=N.CC(C)P(=O)(Oc1ccccc1)Oc1ccc(C(C)(C)c2ccc(O)cc2)cc1.CC(C)P(=O)(Oc1ccccc1)Oc1ccccc1.Oc1ccccc1. The zero-order chi connectivity index (χ0) is 41.9. The third kappa shape index (κ3) is 14.4. The van der Waals surface area contributed by atoms with Crippen LogP contribution >= 0.6 is 15.2 Å². The van der Waals surface area contributed by atoms with Gasteiger partial charge >= 0.3 is 15.2 Å². The molecule has 1 unspecified atom stereocenters. The smallest absolute Gasteiger partial charge is 0.433 e. The van der Waals surface area contributed by atoms with Crippen molar-refractivity contribution >= 4 is 21.9 Å². The number of aromatic hydroxyl groups is 2. The summed E-state index contributed by atoms with van der Waals surface area (Å²) in [4.78, 5) is 0. The molecule has 11 heteroatoms. The molecular formula is C46H53NO8P2. The largest absolute Gasteiger partial charge is 0.508 e. The van der Waals surface area contributed by atoms with E-state index in [1.54, 1.807) is 72.8 Å². The van der Waals surface area contributed by atoms with E-state index >= 15 is 0 Å². The monoisotopic (exact) mass is 809 g/mol. The summed E-state index contributed by atoms with van der Waals surface area (Å²) in [6, 6.07) is 50.7. The van der Waals surface area contributed by atoms with E-state index in [2.05, 4.69) is 20.6 Å². The molecule has 3 N–H and O–H groups in total. The highest BCUT2D eigenvalue weighted by molar-refractivity contribution is 7.55. The molecule has 0 spiro atoms. The van der Waals surface area contributed by atoms with Gasteiger partial charge in [0.05, 0.1) is 11.3 Å².